The number of halogens is 3. The van der Waals surface area contributed by atoms with Gasteiger partial charge in [-0.1, -0.05) is 54.6 Å². The SMILES string of the molecule is CC(O)(c1ccc(N2C(=O)/C(=N\Nc3cccc(-c4cccc(C(=O)O)c4)c3O)c3ccccc32)cc1)C(F)(F)F. The molecule has 4 N–H and O–H groups in total. The zero-order valence-corrected chi connectivity index (χ0v) is 21.3. The molecule has 1 unspecified atom stereocenters. The second-order valence-corrected chi connectivity index (χ2v) is 9.43. The number of phenols is 1. The van der Waals surface area contributed by atoms with Gasteiger partial charge in [-0.25, -0.2) is 4.79 Å². The molecular weight excluding hydrogens is 539 g/mol. The van der Waals surface area contributed by atoms with Crippen molar-refractivity contribution in [2.24, 2.45) is 5.10 Å². The number of carboxylic acid groups (broad SMARTS) is 1. The number of nitrogens with one attached hydrogen (secondary N) is 1. The number of alkyl halides is 3. The Balaban J connectivity index is 1.47. The molecule has 1 aliphatic heterocycles. The number of hydrazone groups is 1. The standard InChI is InChI=1S/C30H22F3N3O5/c1-29(41,30(31,32)33)19-12-14-20(15-13-19)36-24-11-3-2-8-22(24)25(27(36)38)35-34-23-10-5-9-21(26(23)37)17-6-4-7-18(16-17)28(39)40/h2-16,34,37,41H,1H3,(H,39,40)/b35-25-. The van der Waals surface area contributed by atoms with Crippen molar-refractivity contribution in [3.8, 4) is 16.9 Å². The quantitative estimate of drug-likeness (QED) is 0.169. The molecule has 0 fully saturated rings. The van der Waals surface area contributed by atoms with Crippen molar-refractivity contribution in [1.82, 2.24) is 0 Å². The minimum Gasteiger partial charge on any atom is -0.505 e. The number of hydrogen-bond donors (Lipinski definition) is 4. The maximum atomic E-state index is 13.5. The molecule has 0 aromatic heterocycles. The Bertz CT molecular complexity index is 1700. The molecule has 1 amide bonds. The maximum absolute atomic E-state index is 13.5. The van der Waals surface area contributed by atoms with Gasteiger partial charge in [-0.05, 0) is 54.4 Å². The Kier molecular flexibility index (Phi) is 6.75. The first-order valence-corrected chi connectivity index (χ1v) is 12.2. The molecule has 1 heterocycles. The lowest BCUT2D eigenvalue weighted by Crippen LogP contribution is -2.39. The van der Waals surface area contributed by atoms with Crippen molar-refractivity contribution in [2.75, 3.05) is 10.3 Å². The van der Waals surface area contributed by atoms with Crippen LogP contribution in [0.4, 0.5) is 30.2 Å². The van der Waals surface area contributed by atoms with Crippen LogP contribution in [0, 0.1) is 0 Å². The molecule has 0 saturated heterocycles. The fourth-order valence-electron chi connectivity index (χ4n) is 4.47. The van der Waals surface area contributed by atoms with Gasteiger partial charge in [0.2, 0.25) is 0 Å². The highest BCUT2D eigenvalue weighted by atomic mass is 19.4. The molecule has 1 atom stereocenters. The summed E-state index contributed by atoms with van der Waals surface area (Å²) < 4.78 is 39.8. The lowest BCUT2D eigenvalue weighted by molar-refractivity contribution is -0.258. The Morgan fingerprint density at radius 1 is 0.902 bits per heavy atom. The van der Waals surface area contributed by atoms with E-state index in [-0.39, 0.29) is 34.0 Å². The highest BCUT2D eigenvalue weighted by Gasteiger charge is 2.51. The molecule has 0 radical (unpaired) electrons. The van der Waals surface area contributed by atoms with Crippen LogP contribution in [0.3, 0.4) is 0 Å². The van der Waals surface area contributed by atoms with E-state index < -0.39 is 23.7 Å². The number of rotatable bonds is 6. The summed E-state index contributed by atoms with van der Waals surface area (Å²) in [5.74, 6) is -1.91. The van der Waals surface area contributed by atoms with Crippen molar-refractivity contribution < 1.29 is 38.1 Å². The van der Waals surface area contributed by atoms with Crippen LogP contribution >= 0.6 is 0 Å². The molecule has 1 aliphatic rings. The number of fused-ring (bicyclic) bond motifs is 1. The molecule has 4 aromatic carbocycles. The number of para-hydroxylation sites is 2. The van der Waals surface area contributed by atoms with Crippen LogP contribution in [0.15, 0.2) is 96.1 Å². The highest BCUT2D eigenvalue weighted by molar-refractivity contribution is 6.55. The zero-order valence-electron chi connectivity index (χ0n) is 21.3. The third-order valence-electron chi connectivity index (χ3n) is 6.79. The molecule has 0 spiro atoms. The number of nitrogens with zero attached hydrogens (tertiary/aromatic N) is 2. The Morgan fingerprint density at radius 3 is 2.24 bits per heavy atom. The topological polar surface area (TPSA) is 122 Å². The predicted molar refractivity (Wildman–Crippen MR) is 146 cm³/mol. The van der Waals surface area contributed by atoms with Crippen molar-refractivity contribution in [3.05, 3.63) is 108 Å². The molecule has 4 aromatic rings. The minimum absolute atomic E-state index is 0.00959. The van der Waals surface area contributed by atoms with Crippen molar-refractivity contribution in [2.45, 2.75) is 18.7 Å². The van der Waals surface area contributed by atoms with E-state index >= 15 is 0 Å². The number of aromatic carboxylic acids is 1. The summed E-state index contributed by atoms with van der Waals surface area (Å²) in [4.78, 5) is 26.2. The van der Waals surface area contributed by atoms with Crippen LogP contribution in [0.25, 0.3) is 11.1 Å². The van der Waals surface area contributed by atoms with Crippen LogP contribution in [0.2, 0.25) is 0 Å². The van der Waals surface area contributed by atoms with Crippen LogP contribution in [0.5, 0.6) is 5.75 Å². The van der Waals surface area contributed by atoms with Gasteiger partial charge in [0.25, 0.3) is 5.91 Å². The summed E-state index contributed by atoms with van der Waals surface area (Å²) >= 11 is 0. The largest absolute Gasteiger partial charge is 0.505 e. The molecular formula is C30H22F3N3O5. The molecule has 5 rings (SSSR count). The summed E-state index contributed by atoms with van der Waals surface area (Å²) in [6, 6.07) is 22.3. The molecule has 208 valence electrons. The van der Waals surface area contributed by atoms with Gasteiger partial charge < -0.3 is 15.3 Å². The zero-order chi connectivity index (χ0) is 29.5. The summed E-state index contributed by atoms with van der Waals surface area (Å²) in [5.41, 5.74) is 1.39. The summed E-state index contributed by atoms with van der Waals surface area (Å²) in [6.07, 6.45) is -4.89. The second kappa shape index (κ2) is 10.1. The minimum atomic E-state index is -4.89. The Labute approximate surface area is 231 Å². The number of aromatic hydroxyl groups is 1. The number of phenolic OH excluding ortho intramolecular Hbond substituents is 1. The number of benzene rings is 4. The van der Waals surface area contributed by atoms with Crippen LogP contribution in [-0.2, 0) is 10.4 Å². The smallest absolute Gasteiger partial charge is 0.421 e. The predicted octanol–water partition coefficient (Wildman–Crippen LogP) is 6.02. The average molecular weight is 562 g/mol. The van der Waals surface area contributed by atoms with Gasteiger partial charge in [-0.15, -0.1) is 0 Å². The van der Waals surface area contributed by atoms with E-state index in [4.69, 9.17) is 0 Å². The summed E-state index contributed by atoms with van der Waals surface area (Å²) in [7, 11) is 0. The lowest BCUT2D eigenvalue weighted by Gasteiger charge is -2.27. The first-order chi connectivity index (χ1) is 19.4. The van der Waals surface area contributed by atoms with E-state index in [1.807, 2.05) is 0 Å². The van der Waals surface area contributed by atoms with Gasteiger partial charge in [0, 0.05) is 16.8 Å². The van der Waals surface area contributed by atoms with E-state index in [0.717, 1.165) is 12.1 Å². The third kappa shape index (κ3) is 4.87. The molecule has 41 heavy (non-hydrogen) atoms. The number of carboxylic acids is 1. The number of hydrogen-bond acceptors (Lipinski definition) is 6. The monoisotopic (exact) mass is 561 g/mol. The van der Waals surface area contributed by atoms with Gasteiger partial charge in [0.1, 0.15) is 5.75 Å². The fraction of sp³-hybridized carbons (Fsp3) is 0.100. The van der Waals surface area contributed by atoms with E-state index in [0.29, 0.717) is 29.3 Å². The highest BCUT2D eigenvalue weighted by Crippen LogP contribution is 2.41. The molecule has 11 heteroatoms. The van der Waals surface area contributed by atoms with Crippen molar-refractivity contribution in [1.29, 1.82) is 0 Å². The van der Waals surface area contributed by atoms with Crippen LogP contribution < -0.4 is 10.3 Å². The molecule has 8 nitrogen and oxygen atoms in total. The number of carbonyl (C=O) groups excluding carboxylic acids is 1. The molecule has 0 bridgehead atoms. The number of aliphatic hydroxyl groups is 1. The third-order valence-corrected chi connectivity index (χ3v) is 6.79. The summed E-state index contributed by atoms with van der Waals surface area (Å²) in [5, 5.41) is 34.4. The van der Waals surface area contributed by atoms with Gasteiger partial charge in [-0.3, -0.25) is 15.1 Å². The van der Waals surface area contributed by atoms with Crippen molar-refractivity contribution >= 4 is 34.7 Å². The molecule has 0 aliphatic carbocycles. The number of anilines is 3. The fourth-order valence-corrected chi connectivity index (χ4v) is 4.47. The van der Waals surface area contributed by atoms with E-state index in [1.54, 1.807) is 48.5 Å². The van der Waals surface area contributed by atoms with Gasteiger partial charge in [-0.2, -0.15) is 18.3 Å². The maximum Gasteiger partial charge on any atom is 0.421 e. The number of amides is 1. The van der Waals surface area contributed by atoms with Gasteiger partial charge in [0.15, 0.2) is 11.3 Å². The van der Waals surface area contributed by atoms with Gasteiger partial charge >= 0.3 is 12.1 Å². The lowest BCUT2D eigenvalue weighted by atomic mass is 9.95. The van der Waals surface area contributed by atoms with Gasteiger partial charge in [0.05, 0.1) is 16.9 Å². The first-order valence-electron chi connectivity index (χ1n) is 12.2. The van der Waals surface area contributed by atoms with E-state index in [9.17, 15) is 38.1 Å². The van der Waals surface area contributed by atoms with Crippen LogP contribution in [-0.4, -0.2) is 39.1 Å². The normalized spacial score (nSPS) is 15.5. The first kappa shape index (κ1) is 27.4. The van der Waals surface area contributed by atoms with E-state index in [2.05, 4.69) is 10.5 Å². The average Bonchev–Trinajstić information content (AvgIpc) is 3.22. The van der Waals surface area contributed by atoms with E-state index in [1.165, 1.54) is 35.2 Å². The van der Waals surface area contributed by atoms with Crippen LogP contribution in [0.1, 0.15) is 28.4 Å². The number of carbonyl (C=O) groups is 2. The van der Waals surface area contributed by atoms with Crippen molar-refractivity contribution in [3.63, 3.8) is 0 Å². The summed E-state index contributed by atoms with van der Waals surface area (Å²) in [6.45, 7) is 0.655. The second-order valence-electron chi connectivity index (χ2n) is 9.43. The molecule has 0 saturated carbocycles. The Morgan fingerprint density at radius 2 is 1.56 bits per heavy atom. The Hall–Kier alpha value is -5.16.